The summed E-state index contributed by atoms with van der Waals surface area (Å²) in [6.07, 6.45) is 0. The molecule has 134 valence electrons. The molecule has 0 aromatic heterocycles. The van der Waals surface area contributed by atoms with Gasteiger partial charge in [0, 0.05) is 11.3 Å². The predicted molar refractivity (Wildman–Crippen MR) is 106 cm³/mol. The molecule has 6 nitrogen and oxygen atoms in total. The number of azo groups is 1. The zero-order chi connectivity index (χ0) is 19.9. The fourth-order valence-electron chi connectivity index (χ4n) is 2.53. The molecule has 0 aliphatic rings. The summed E-state index contributed by atoms with van der Waals surface area (Å²) >= 11 is 0. The van der Waals surface area contributed by atoms with Crippen molar-refractivity contribution >= 4 is 23.0 Å². The molecule has 3 rings (SSSR count). The van der Waals surface area contributed by atoms with Crippen LogP contribution in [0, 0.1) is 29.6 Å². The molecule has 0 unspecified atom stereocenters. The minimum absolute atomic E-state index is 0.186. The maximum atomic E-state index is 12.3. The number of carbonyl (C=O) groups is 1. The third-order valence-corrected chi connectivity index (χ3v) is 4.01. The molecule has 0 aliphatic heterocycles. The number of hydrogen-bond acceptors (Lipinski definition) is 5. The Labute approximate surface area is 162 Å². The van der Waals surface area contributed by atoms with Crippen LogP contribution in [-0.4, -0.2) is 5.91 Å². The van der Waals surface area contributed by atoms with E-state index in [-0.39, 0.29) is 11.5 Å². The summed E-state index contributed by atoms with van der Waals surface area (Å²) in [6.45, 7) is 1.86. The molecule has 0 spiro atoms. The highest BCUT2D eigenvalue weighted by atomic mass is 16.1. The number of nitriles is 2. The van der Waals surface area contributed by atoms with Crippen LogP contribution >= 0.6 is 0 Å². The Bertz CT molecular complexity index is 1140. The Morgan fingerprint density at radius 1 is 0.929 bits per heavy atom. The standard InChI is InChI=1S/C22H15N5O/c1-15-11-19(26-27-21-9-7-16(13-23)12-18(21)14-24)8-10-20(15)25-22(28)17-5-3-2-4-6-17/h2-12H,1H3,(H,25,28). The van der Waals surface area contributed by atoms with Crippen LogP contribution in [0.5, 0.6) is 0 Å². The largest absolute Gasteiger partial charge is 0.322 e. The molecule has 0 aliphatic carbocycles. The van der Waals surface area contributed by atoms with Crippen LogP contribution in [0.1, 0.15) is 27.0 Å². The fraction of sp³-hybridized carbons (Fsp3) is 0.0455. The smallest absolute Gasteiger partial charge is 0.255 e. The number of aryl methyl sites for hydroxylation is 1. The molecule has 6 heteroatoms. The maximum absolute atomic E-state index is 12.3. The minimum atomic E-state index is -0.186. The van der Waals surface area contributed by atoms with Crippen LogP contribution in [0.2, 0.25) is 0 Å². The van der Waals surface area contributed by atoms with E-state index in [9.17, 15) is 10.1 Å². The molecule has 0 heterocycles. The lowest BCUT2D eigenvalue weighted by atomic mass is 10.1. The van der Waals surface area contributed by atoms with Crippen molar-refractivity contribution in [2.45, 2.75) is 6.92 Å². The highest BCUT2D eigenvalue weighted by Gasteiger charge is 2.08. The van der Waals surface area contributed by atoms with E-state index in [0.29, 0.717) is 28.2 Å². The van der Waals surface area contributed by atoms with Gasteiger partial charge in [-0.1, -0.05) is 18.2 Å². The van der Waals surface area contributed by atoms with Crippen molar-refractivity contribution in [3.63, 3.8) is 0 Å². The third-order valence-electron chi connectivity index (χ3n) is 4.01. The molecule has 1 amide bonds. The molecule has 28 heavy (non-hydrogen) atoms. The van der Waals surface area contributed by atoms with Crippen molar-refractivity contribution in [1.29, 1.82) is 10.5 Å². The second-order valence-corrected chi connectivity index (χ2v) is 5.97. The van der Waals surface area contributed by atoms with Gasteiger partial charge in [0.05, 0.1) is 22.9 Å². The molecule has 0 bridgehead atoms. The van der Waals surface area contributed by atoms with Gasteiger partial charge in [-0.2, -0.15) is 15.6 Å². The molecular formula is C22H15N5O. The molecule has 0 saturated heterocycles. The summed E-state index contributed by atoms with van der Waals surface area (Å²) in [5, 5.41) is 29.2. The molecule has 3 aromatic carbocycles. The SMILES string of the molecule is Cc1cc(N=Nc2ccc(C#N)cc2C#N)ccc1NC(=O)c1ccccc1. The van der Waals surface area contributed by atoms with E-state index in [2.05, 4.69) is 15.5 Å². The van der Waals surface area contributed by atoms with E-state index in [0.717, 1.165) is 5.56 Å². The Morgan fingerprint density at radius 3 is 2.39 bits per heavy atom. The van der Waals surface area contributed by atoms with Gasteiger partial charge in [0.2, 0.25) is 0 Å². The number of benzene rings is 3. The normalized spacial score (nSPS) is 10.2. The lowest BCUT2D eigenvalue weighted by Gasteiger charge is -2.09. The maximum Gasteiger partial charge on any atom is 0.255 e. The first-order chi connectivity index (χ1) is 13.6. The number of amides is 1. The zero-order valence-electron chi connectivity index (χ0n) is 15.0. The van der Waals surface area contributed by atoms with Crippen molar-refractivity contribution in [1.82, 2.24) is 0 Å². The van der Waals surface area contributed by atoms with Crippen molar-refractivity contribution in [2.75, 3.05) is 5.32 Å². The van der Waals surface area contributed by atoms with Gasteiger partial charge in [0.25, 0.3) is 5.91 Å². The highest BCUT2D eigenvalue weighted by molar-refractivity contribution is 6.04. The molecule has 0 atom stereocenters. The molecule has 0 fully saturated rings. The number of anilines is 1. The zero-order valence-corrected chi connectivity index (χ0v) is 15.0. The Kier molecular flexibility index (Phi) is 5.55. The lowest BCUT2D eigenvalue weighted by molar-refractivity contribution is 0.102. The fourth-order valence-corrected chi connectivity index (χ4v) is 2.53. The number of rotatable bonds is 4. The number of nitrogens with zero attached hydrogens (tertiary/aromatic N) is 4. The van der Waals surface area contributed by atoms with Crippen LogP contribution in [0.25, 0.3) is 0 Å². The van der Waals surface area contributed by atoms with Gasteiger partial charge in [0.1, 0.15) is 11.8 Å². The summed E-state index contributed by atoms with van der Waals surface area (Å²) in [5.74, 6) is -0.186. The Hall–Kier alpha value is -4.29. The number of carbonyl (C=O) groups excluding carboxylic acids is 1. The van der Waals surface area contributed by atoms with Gasteiger partial charge in [-0.25, -0.2) is 0 Å². The second kappa shape index (κ2) is 8.39. The monoisotopic (exact) mass is 365 g/mol. The van der Waals surface area contributed by atoms with Crippen LogP contribution in [0.4, 0.5) is 17.1 Å². The van der Waals surface area contributed by atoms with Crippen molar-refractivity contribution < 1.29 is 4.79 Å². The summed E-state index contributed by atoms with van der Waals surface area (Å²) < 4.78 is 0. The Morgan fingerprint density at radius 2 is 1.71 bits per heavy atom. The lowest BCUT2D eigenvalue weighted by Crippen LogP contribution is -2.12. The highest BCUT2D eigenvalue weighted by Crippen LogP contribution is 2.26. The first kappa shape index (κ1) is 18.5. The van der Waals surface area contributed by atoms with E-state index in [1.165, 1.54) is 6.07 Å². The summed E-state index contributed by atoms with van der Waals surface area (Å²) in [4.78, 5) is 12.3. The quantitative estimate of drug-likeness (QED) is 0.626. The van der Waals surface area contributed by atoms with E-state index < -0.39 is 0 Å². The van der Waals surface area contributed by atoms with Crippen LogP contribution in [0.3, 0.4) is 0 Å². The van der Waals surface area contributed by atoms with Crippen LogP contribution in [-0.2, 0) is 0 Å². The first-order valence-electron chi connectivity index (χ1n) is 8.44. The van der Waals surface area contributed by atoms with Gasteiger partial charge in [-0.05, 0) is 61.0 Å². The van der Waals surface area contributed by atoms with Gasteiger partial charge in [0.15, 0.2) is 0 Å². The molecule has 0 saturated carbocycles. The second-order valence-electron chi connectivity index (χ2n) is 5.97. The average Bonchev–Trinajstić information content (AvgIpc) is 2.74. The molecule has 1 N–H and O–H groups in total. The van der Waals surface area contributed by atoms with Crippen molar-refractivity contribution in [3.05, 3.63) is 89.0 Å². The molecule has 3 aromatic rings. The molecular weight excluding hydrogens is 350 g/mol. The summed E-state index contributed by atoms with van der Waals surface area (Å²) in [5.41, 5.74) is 3.75. The summed E-state index contributed by atoms with van der Waals surface area (Å²) in [7, 11) is 0. The minimum Gasteiger partial charge on any atom is -0.322 e. The Balaban J connectivity index is 1.78. The van der Waals surface area contributed by atoms with Gasteiger partial charge >= 0.3 is 0 Å². The van der Waals surface area contributed by atoms with Crippen LogP contribution in [0.15, 0.2) is 77.0 Å². The van der Waals surface area contributed by atoms with Gasteiger partial charge in [-0.15, -0.1) is 5.11 Å². The number of hydrogen-bond donors (Lipinski definition) is 1. The molecule has 0 radical (unpaired) electrons. The van der Waals surface area contributed by atoms with Gasteiger partial charge in [-0.3, -0.25) is 4.79 Å². The summed E-state index contributed by atoms with van der Waals surface area (Å²) in [6, 6.07) is 22.9. The van der Waals surface area contributed by atoms with E-state index in [1.807, 2.05) is 37.3 Å². The van der Waals surface area contributed by atoms with Crippen molar-refractivity contribution in [2.24, 2.45) is 10.2 Å². The number of nitrogens with one attached hydrogen (secondary N) is 1. The van der Waals surface area contributed by atoms with E-state index in [4.69, 9.17) is 5.26 Å². The first-order valence-corrected chi connectivity index (χ1v) is 8.44. The topological polar surface area (TPSA) is 101 Å². The van der Waals surface area contributed by atoms with Crippen LogP contribution < -0.4 is 5.32 Å². The average molecular weight is 365 g/mol. The van der Waals surface area contributed by atoms with E-state index >= 15 is 0 Å². The van der Waals surface area contributed by atoms with Crippen molar-refractivity contribution in [3.8, 4) is 12.1 Å². The van der Waals surface area contributed by atoms with E-state index in [1.54, 1.807) is 42.5 Å². The third kappa shape index (κ3) is 4.27. The predicted octanol–water partition coefficient (Wildman–Crippen LogP) is 5.41. The van der Waals surface area contributed by atoms with Gasteiger partial charge < -0.3 is 5.32 Å².